The molecule has 1 aromatic carbocycles. The summed E-state index contributed by atoms with van der Waals surface area (Å²) in [7, 11) is 1.66. The zero-order valence-electron chi connectivity index (χ0n) is 14.9. The van der Waals surface area contributed by atoms with E-state index in [0.717, 1.165) is 41.5 Å². The number of nitrogens with one attached hydrogen (secondary N) is 1. The van der Waals surface area contributed by atoms with E-state index < -0.39 is 0 Å². The number of rotatable bonds is 10. The second-order valence-corrected chi connectivity index (χ2v) is 7.06. The highest BCUT2D eigenvalue weighted by Crippen LogP contribution is 2.32. The van der Waals surface area contributed by atoms with E-state index >= 15 is 0 Å². The summed E-state index contributed by atoms with van der Waals surface area (Å²) in [6.45, 7) is 7.40. The van der Waals surface area contributed by atoms with Gasteiger partial charge >= 0.3 is 4.87 Å². The van der Waals surface area contributed by atoms with Crippen LogP contribution in [0.15, 0.2) is 29.1 Å². The lowest BCUT2D eigenvalue weighted by molar-refractivity contribution is 0.259. The Balaban J connectivity index is 2.28. The molecule has 0 spiro atoms. The van der Waals surface area contributed by atoms with Crippen molar-refractivity contribution in [1.29, 1.82) is 0 Å². The minimum Gasteiger partial charge on any atom is -0.496 e. The van der Waals surface area contributed by atoms with Gasteiger partial charge in [-0.05, 0) is 38.1 Å². The van der Waals surface area contributed by atoms with Gasteiger partial charge in [-0.3, -0.25) is 9.69 Å². The number of hydrogen-bond acceptors (Lipinski definition) is 4. The van der Waals surface area contributed by atoms with Gasteiger partial charge in [0.15, 0.2) is 0 Å². The maximum Gasteiger partial charge on any atom is 0.305 e. The average molecular weight is 349 g/mol. The molecule has 2 aromatic rings. The van der Waals surface area contributed by atoms with Crippen LogP contribution in [0.3, 0.4) is 0 Å². The predicted octanol–water partition coefficient (Wildman–Crippen LogP) is 4.51. The fraction of sp³-hybridized carbons (Fsp3) is 0.526. The largest absolute Gasteiger partial charge is 0.496 e. The van der Waals surface area contributed by atoms with Gasteiger partial charge in [0, 0.05) is 17.0 Å². The summed E-state index contributed by atoms with van der Waals surface area (Å²) in [5.41, 5.74) is 1.86. The zero-order chi connectivity index (χ0) is 17.4. The highest BCUT2D eigenvalue weighted by Gasteiger charge is 2.16. The monoisotopic (exact) mass is 348 g/mol. The maximum atomic E-state index is 12.0. The molecular weight excluding hydrogens is 320 g/mol. The fourth-order valence-corrected chi connectivity index (χ4v) is 3.66. The van der Waals surface area contributed by atoms with E-state index in [1.807, 2.05) is 24.3 Å². The minimum atomic E-state index is -0.00293. The molecule has 0 amide bonds. The van der Waals surface area contributed by atoms with Gasteiger partial charge in [-0.1, -0.05) is 50.2 Å². The van der Waals surface area contributed by atoms with Crippen molar-refractivity contribution in [3.05, 3.63) is 38.8 Å². The second kappa shape index (κ2) is 9.64. The Morgan fingerprint density at radius 1 is 1.12 bits per heavy atom. The Kier molecular flexibility index (Phi) is 7.53. The number of nitrogens with zero attached hydrogens (tertiary/aromatic N) is 1. The van der Waals surface area contributed by atoms with E-state index in [9.17, 15) is 4.79 Å². The van der Waals surface area contributed by atoms with E-state index in [-0.39, 0.29) is 4.87 Å². The Labute approximate surface area is 148 Å². The summed E-state index contributed by atoms with van der Waals surface area (Å²) in [6, 6.07) is 7.86. The van der Waals surface area contributed by atoms with E-state index in [4.69, 9.17) is 4.74 Å². The number of benzene rings is 1. The Bertz CT molecular complexity index is 670. The smallest absolute Gasteiger partial charge is 0.305 e. The molecule has 0 saturated carbocycles. The molecule has 0 unspecified atom stereocenters. The number of hydrogen-bond donors (Lipinski definition) is 1. The van der Waals surface area contributed by atoms with Crippen LogP contribution in [0.25, 0.3) is 11.3 Å². The van der Waals surface area contributed by atoms with Gasteiger partial charge < -0.3 is 9.72 Å². The second-order valence-electron chi connectivity index (χ2n) is 6.00. The zero-order valence-corrected chi connectivity index (χ0v) is 15.7. The third-order valence-corrected chi connectivity index (χ3v) is 4.99. The molecule has 0 atom stereocenters. The van der Waals surface area contributed by atoms with Gasteiger partial charge in [-0.25, -0.2) is 0 Å². The molecule has 132 valence electrons. The number of aromatic nitrogens is 1. The van der Waals surface area contributed by atoms with Crippen molar-refractivity contribution in [1.82, 2.24) is 9.88 Å². The van der Waals surface area contributed by atoms with Crippen LogP contribution in [0.1, 0.15) is 44.4 Å². The number of ether oxygens (including phenoxy) is 1. The molecule has 1 heterocycles. The quantitative estimate of drug-likeness (QED) is 0.687. The van der Waals surface area contributed by atoms with Crippen molar-refractivity contribution in [2.24, 2.45) is 0 Å². The fourth-order valence-electron chi connectivity index (χ4n) is 2.78. The van der Waals surface area contributed by atoms with Crippen LogP contribution in [0.5, 0.6) is 5.75 Å². The molecule has 5 heteroatoms. The molecule has 0 bridgehead atoms. The van der Waals surface area contributed by atoms with Crippen LogP contribution >= 0.6 is 11.3 Å². The van der Waals surface area contributed by atoms with Crippen LogP contribution in [0, 0.1) is 0 Å². The number of methoxy groups -OCH3 is 1. The highest BCUT2D eigenvalue weighted by atomic mass is 32.1. The lowest BCUT2D eigenvalue weighted by Gasteiger charge is -2.22. The first-order chi connectivity index (χ1) is 11.7. The molecule has 4 nitrogen and oxygen atoms in total. The van der Waals surface area contributed by atoms with Crippen LogP contribution in [-0.2, 0) is 6.54 Å². The van der Waals surface area contributed by atoms with Gasteiger partial charge in [0.25, 0.3) is 0 Å². The maximum absolute atomic E-state index is 12.0. The summed E-state index contributed by atoms with van der Waals surface area (Å²) >= 11 is 1.32. The molecule has 1 aromatic heterocycles. The van der Waals surface area contributed by atoms with Crippen molar-refractivity contribution in [3.63, 3.8) is 0 Å². The van der Waals surface area contributed by atoms with E-state index in [0.29, 0.717) is 0 Å². The third kappa shape index (κ3) is 4.95. The lowest BCUT2D eigenvalue weighted by Crippen LogP contribution is -2.25. The number of unbranched alkanes of at least 4 members (excludes halogenated alkanes) is 2. The lowest BCUT2D eigenvalue weighted by atomic mass is 10.1. The SMILES string of the molecule is CCCCN(CCCC)Cc1sc(=O)[nH]c1-c1ccccc1OC. The van der Waals surface area contributed by atoms with Crippen molar-refractivity contribution in [2.75, 3.05) is 20.2 Å². The third-order valence-electron chi connectivity index (χ3n) is 4.12. The van der Waals surface area contributed by atoms with Crippen molar-refractivity contribution in [3.8, 4) is 17.0 Å². The number of thiazole rings is 1. The number of para-hydroxylation sites is 1. The van der Waals surface area contributed by atoms with Crippen molar-refractivity contribution < 1.29 is 4.74 Å². The molecular formula is C19H28N2O2S. The van der Waals surface area contributed by atoms with E-state index in [1.165, 1.54) is 37.0 Å². The summed E-state index contributed by atoms with van der Waals surface area (Å²) in [4.78, 5) is 18.6. The first-order valence-electron chi connectivity index (χ1n) is 8.77. The van der Waals surface area contributed by atoms with Crippen LogP contribution in [0.2, 0.25) is 0 Å². The summed E-state index contributed by atoms with van der Waals surface area (Å²) < 4.78 is 5.47. The summed E-state index contributed by atoms with van der Waals surface area (Å²) in [6.07, 6.45) is 4.75. The van der Waals surface area contributed by atoms with E-state index in [1.54, 1.807) is 7.11 Å². The van der Waals surface area contributed by atoms with Gasteiger partial charge in [0.05, 0.1) is 12.8 Å². The predicted molar refractivity (Wildman–Crippen MR) is 102 cm³/mol. The van der Waals surface area contributed by atoms with Crippen molar-refractivity contribution >= 4 is 11.3 Å². The number of aromatic amines is 1. The summed E-state index contributed by atoms with van der Waals surface area (Å²) in [5.74, 6) is 0.793. The van der Waals surface area contributed by atoms with Gasteiger partial charge in [-0.2, -0.15) is 0 Å². The molecule has 24 heavy (non-hydrogen) atoms. The molecule has 1 N–H and O–H groups in total. The Morgan fingerprint density at radius 2 is 1.79 bits per heavy atom. The highest BCUT2D eigenvalue weighted by molar-refractivity contribution is 7.09. The summed E-state index contributed by atoms with van der Waals surface area (Å²) in [5, 5.41) is 0. The normalized spacial score (nSPS) is 11.2. The molecule has 0 saturated heterocycles. The van der Waals surface area contributed by atoms with Gasteiger partial charge in [0.2, 0.25) is 0 Å². The van der Waals surface area contributed by atoms with Crippen LogP contribution < -0.4 is 9.61 Å². The average Bonchev–Trinajstić information content (AvgIpc) is 2.97. The van der Waals surface area contributed by atoms with Crippen molar-refractivity contribution in [2.45, 2.75) is 46.1 Å². The van der Waals surface area contributed by atoms with E-state index in [2.05, 4.69) is 23.7 Å². The minimum absolute atomic E-state index is 0.00293. The Hall–Kier alpha value is -1.59. The molecule has 0 fully saturated rings. The topological polar surface area (TPSA) is 45.3 Å². The first-order valence-corrected chi connectivity index (χ1v) is 9.59. The van der Waals surface area contributed by atoms with Gasteiger partial charge in [0.1, 0.15) is 5.75 Å². The number of H-pyrrole nitrogens is 1. The molecule has 2 rings (SSSR count). The standard InChI is InChI=1S/C19H28N2O2S/c1-4-6-12-21(13-7-5-2)14-17-18(20-19(22)24-17)15-10-8-9-11-16(15)23-3/h8-11H,4-7,12-14H2,1-3H3,(H,20,22). The Morgan fingerprint density at radius 3 is 2.42 bits per heavy atom. The molecule has 0 aliphatic carbocycles. The molecule has 0 aliphatic heterocycles. The van der Waals surface area contributed by atoms with Crippen LogP contribution in [-0.4, -0.2) is 30.1 Å². The molecule has 0 radical (unpaired) electrons. The molecule has 0 aliphatic rings. The first kappa shape index (κ1) is 18.7. The van der Waals surface area contributed by atoms with Crippen LogP contribution in [0.4, 0.5) is 0 Å². The van der Waals surface area contributed by atoms with Gasteiger partial charge in [-0.15, -0.1) is 0 Å².